The normalized spacial score (nSPS) is 12.9. The Labute approximate surface area is 355 Å². The van der Waals surface area contributed by atoms with Crippen LogP contribution in [0.2, 0.25) is 0 Å². The van der Waals surface area contributed by atoms with Gasteiger partial charge in [0.1, 0.15) is 34.1 Å². The molecule has 1 aliphatic rings. The van der Waals surface area contributed by atoms with Crippen molar-refractivity contribution in [3.63, 3.8) is 0 Å². The summed E-state index contributed by atoms with van der Waals surface area (Å²) in [6.45, 7) is 4.46. The molecule has 0 aromatic heterocycles. The molecule has 1 aliphatic heterocycles. The van der Waals surface area contributed by atoms with Crippen LogP contribution < -0.4 is 28.4 Å². The number of ether oxygens (including phenoxy) is 10. The molecule has 0 unspecified atom stereocenters. The van der Waals surface area contributed by atoms with Crippen LogP contribution in [-0.2, 0) is 45.0 Å². The SMILES string of the molecule is COC(=O)c1c2c(c3cc(C[C@@H](C)OCc4ccccc4)c(OC)cc3c1OC)-c1c(c(C(=O)OC)c(OC)c3cc(OC)c(C[C@@H](C)OCc4ccccc4)cc13)OCO2. The van der Waals surface area contributed by atoms with E-state index in [1.165, 1.54) is 28.4 Å². The first kappa shape index (κ1) is 42.6. The summed E-state index contributed by atoms with van der Waals surface area (Å²) in [6.07, 6.45) is 0.464. The molecule has 0 aliphatic carbocycles. The predicted molar refractivity (Wildman–Crippen MR) is 231 cm³/mol. The number of hydrogen-bond donors (Lipinski definition) is 0. The molecule has 0 saturated carbocycles. The van der Waals surface area contributed by atoms with Crippen LogP contribution in [0.4, 0.5) is 0 Å². The van der Waals surface area contributed by atoms with Crippen molar-refractivity contribution in [1.82, 2.24) is 0 Å². The molecule has 12 nitrogen and oxygen atoms in total. The third-order valence-electron chi connectivity index (χ3n) is 10.8. The Hall–Kier alpha value is -6.50. The Kier molecular flexibility index (Phi) is 13.2. The van der Waals surface area contributed by atoms with Gasteiger partial charge in [0.2, 0.25) is 6.79 Å². The fraction of sp³-hybridized carbons (Fsp3) is 0.306. The molecule has 6 aromatic rings. The van der Waals surface area contributed by atoms with Crippen LogP contribution in [0.5, 0.6) is 34.5 Å². The summed E-state index contributed by atoms with van der Waals surface area (Å²) in [7, 11) is 8.70. The van der Waals surface area contributed by atoms with Gasteiger partial charge in [-0.25, -0.2) is 9.59 Å². The van der Waals surface area contributed by atoms with Crippen molar-refractivity contribution in [2.45, 2.75) is 52.1 Å². The quantitative estimate of drug-likeness (QED) is 0.0863. The molecule has 2 atom stereocenters. The van der Waals surface area contributed by atoms with Gasteiger partial charge in [-0.1, -0.05) is 60.7 Å². The van der Waals surface area contributed by atoms with E-state index in [9.17, 15) is 9.59 Å². The van der Waals surface area contributed by atoms with E-state index in [0.29, 0.717) is 70.2 Å². The Morgan fingerprint density at radius 2 is 0.934 bits per heavy atom. The average molecular weight is 831 g/mol. The van der Waals surface area contributed by atoms with Crippen molar-refractivity contribution < 1.29 is 57.0 Å². The number of fused-ring (bicyclic) bond motifs is 7. The summed E-state index contributed by atoms with van der Waals surface area (Å²) in [4.78, 5) is 27.8. The van der Waals surface area contributed by atoms with Crippen LogP contribution in [0.1, 0.15) is 56.8 Å². The molecule has 61 heavy (non-hydrogen) atoms. The second kappa shape index (κ2) is 18.8. The van der Waals surface area contributed by atoms with Crippen molar-refractivity contribution in [3.05, 3.63) is 118 Å². The van der Waals surface area contributed by atoms with E-state index in [0.717, 1.165) is 22.3 Å². The van der Waals surface area contributed by atoms with Gasteiger partial charge in [-0.3, -0.25) is 0 Å². The van der Waals surface area contributed by atoms with Gasteiger partial charge < -0.3 is 47.4 Å². The zero-order chi connectivity index (χ0) is 43.2. The first-order valence-electron chi connectivity index (χ1n) is 19.9. The molecule has 0 amide bonds. The molecule has 0 N–H and O–H groups in total. The number of carbonyl (C=O) groups excluding carboxylic acids is 2. The lowest BCUT2D eigenvalue weighted by molar-refractivity contribution is 0.0530. The van der Waals surface area contributed by atoms with Crippen LogP contribution in [0.3, 0.4) is 0 Å². The van der Waals surface area contributed by atoms with Gasteiger partial charge in [0.25, 0.3) is 0 Å². The van der Waals surface area contributed by atoms with Crippen LogP contribution in [-0.4, -0.2) is 73.6 Å². The number of hydrogen-bond acceptors (Lipinski definition) is 12. The standard InChI is InChI=1S/C49H50O12/c1-28(58-25-30-15-11-9-12-16-30)19-32-21-34-36(23-38(32)52-3)44(54-5)42(48(50)56-7)46-40(34)41-35-22-33(20-29(2)59-26-31-17-13-10-14-18-31)39(53-4)24-37(35)45(55-6)43(49(51)57-8)47(41)61-27-60-46/h9-18,21-24,28-29H,19-20,25-27H2,1-8H3/t28-,29-/m1/s1. The summed E-state index contributed by atoms with van der Waals surface area (Å²) in [5.41, 5.74) is 4.69. The lowest BCUT2D eigenvalue weighted by atomic mass is 9.85. The minimum atomic E-state index is -0.706. The topological polar surface area (TPSA) is 126 Å². The number of esters is 2. The first-order valence-corrected chi connectivity index (χ1v) is 19.9. The fourth-order valence-electron chi connectivity index (χ4n) is 8.00. The summed E-state index contributed by atoms with van der Waals surface area (Å²) >= 11 is 0. The molecule has 0 fully saturated rings. The Bertz CT molecular complexity index is 2380. The molecular formula is C49H50O12. The summed E-state index contributed by atoms with van der Waals surface area (Å²) in [5, 5.41) is 2.29. The van der Waals surface area contributed by atoms with E-state index in [2.05, 4.69) is 0 Å². The molecule has 12 heteroatoms. The summed E-state index contributed by atoms with van der Waals surface area (Å²) in [5.74, 6) is 0.380. The second-order valence-corrected chi connectivity index (χ2v) is 14.7. The van der Waals surface area contributed by atoms with Gasteiger partial charge in [0.05, 0.1) is 68.1 Å². The van der Waals surface area contributed by atoms with Crippen LogP contribution in [0.25, 0.3) is 32.7 Å². The van der Waals surface area contributed by atoms with Gasteiger partial charge in [-0.05, 0) is 71.1 Å². The van der Waals surface area contributed by atoms with E-state index >= 15 is 0 Å². The summed E-state index contributed by atoms with van der Waals surface area (Å²) < 4.78 is 60.2. The highest BCUT2D eigenvalue weighted by molar-refractivity contribution is 6.20. The van der Waals surface area contributed by atoms with Gasteiger partial charge in [-0.2, -0.15) is 0 Å². The highest BCUT2D eigenvalue weighted by Gasteiger charge is 2.37. The molecule has 1 heterocycles. The maximum atomic E-state index is 13.9. The van der Waals surface area contributed by atoms with E-state index in [1.54, 1.807) is 14.2 Å². The third-order valence-corrected chi connectivity index (χ3v) is 10.8. The highest BCUT2D eigenvalue weighted by Crippen LogP contribution is 2.56. The zero-order valence-electron chi connectivity index (χ0n) is 35.7. The summed E-state index contributed by atoms with van der Waals surface area (Å²) in [6, 6.07) is 27.5. The van der Waals surface area contributed by atoms with E-state index in [-0.39, 0.29) is 46.3 Å². The van der Waals surface area contributed by atoms with Crippen molar-refractivity contribution in [2.24, 2.45) is 0 Å². The molecule has 6 aromatic carbocycles. The van der Waals surface area contributed by atoms with Gasteiger partial charge >= 0.3 is 11.9 Å². The van der Waals surface area contributed by atoms with Gasteiger partial charge in [-0.15, -0.1) is 0 Å². The number of rotatable bonds is 16. The molecule has 0 saturated heterocycles. The molecule has 318 valence electrons. The molecular weight excluding hydrogens is 781 g/mol. The van der Waals surface area contributed by atoms with Gasteiger partial charge in [0.15, 0.2) is 11.5 Å². The lowest BCUT2D eigenvalue weighted by Gasteiger charge is -2.24. The largest absolute Gasteiger partial charge is 0.496 e. The average Bonchev–Trinajstić information content (AvgIpc) is 3.49. The minimum absolute atomic E-state index is 0.0265. The monoisotopic (exact) mass is 830 g/mol. The fourth-order valence-corrected chi connectivity index (χ4v) is 8.00. The van der Waals surface area contributed by atoms with Crippen LogP contribution >= 0.6 is 0 Å². The Morgan fingerprint density at radius 1 is 0.541 bits per heavy atom. The number of methoxy groups -OCH3 is 6. The lowest BCUT2D eigenvalue weighted by Crippen LogP contribution is -2.13. The number of carbonyl (C=O) groups is 2. The third kappa shape index (κ3) is 8.46. The van der Waals surface area contributed by atoms with Crippen molar-refractivity contribution in [3.8, 4) is 45.6 Å². The molecule has 7 rings (SSSR count). The maximum Gasteiger partial charge on any atom is 0.345 e. The minimum Gasteiger partial charge on any atom is -0.496 e. The van der Waals surface area contributed by atoms with Crippen molar-refractivity contribution >= 4 is 33.5 Å². The zero-order valence-corrected chi connectivity index (χ0v) is 35.7. The highest BCUT2D eigenvalue weighted by atomic mass is 16.7. The smallest absolute Gasteiger partial charge is 0.345 e. The van der Waals surface area contributed by atoms with Crippen molar-refractivity contribution in [1.29, 1.82) is 0 Å². The van der Waals surface area contributed by atoms with E-state index in [1.807, 2.05) is 98.8 Å². The first-order chi connectivity index (χ1) is 29.6. The second-order valence-electron chi connectivity index (χ2n) is 14.7. The van der Waals surface area contributed by atoms with E-state index < -0.39 is 18.7 Å². The Morgan fingerprint density at radius 3 is 1.28 bits per heavy atom. The number of benzene rings is 6. The van der Waals surface area contributed by atoms with Crippen LogP contribution in [0.15, 0.2) is 84.9 Å². The van der Waals surface area contributed by atoms with Gasteiger partial charge in [0, 0.05) is 34.7 Å². The predicted octanol–water partition coefficient (Wildman–Crippen LogP) is 9.29. The molecule has 0 bridgehead atoms. The Balaban J connectivity index is 1.52. The maximum absolute atomic E-state index is 13.9. The molecule has 0 spiro atoms. The molecule has 0 radical (unpaired) electrons. The van der Waals surface area contributed by atoms with Crippen molar-refractivity contribution in [2.75, 3.05) is 49.5 Å². The van der Waals surface area contributed by atoms with E-state index in [4.69, 9.17) is 47.4 Å². The van der Waals surface area contributed by atoms with Crippen LogP contribution in [0, 0.1) is 0 Å².